The van der Waals surface area contributed by atoms with Crippen molar-refractivity contribution in [3.05, 3.63) is 144 Å². The normalized spacial score (nSPS) is 20.8. The van der Waals surface area contributed by atoms with E-state index < -0.39 is 0 Å². The molecule has 41 heavy (non-hydrogen) atoms. The highest BCUT2D eigenvalue weighted by Gasteiger charge is 2.67. The van der Waals surface area contributed by atoms with Gasteiger partial charge in [0, 0.05) is 48.2 Å². The Morgan fingerprint density at radius 2 is 1.68 bits per heavy atom. The molecule has 1 aliphatic heterocycles. The highest BCUT2D eigenvalue weighted by Crippen LogP contribution is 2.64. The molecule has 2 aliphatic rings. The van der Waals surface area contributed by atoms with Crippen molar-refractivity contribution in [2.24, 2.45) is 11.8 Å². The Labute approximate surface area is 246 Å². The fourth-order valence-corrected chi connectivity index (χ4v) is 5.84. The molecule has 1 heterocycles. The number of nitrogens with one attached hydrogen (secondary N) is 2. The second-order valence-corrected chi connectivity index (χ2v) is 10.7. The van der Waals surface area contributed by atoms with E-state index in [0.717, 1.165) is 42.1 Å². The van der Waals surface area contributed by atoms with Crippen LogP contribution in [0.25, 0.3) is 0 Å². The molecule has 1 saturated heterocycles. The SMILES string of the molecule is C=C(/C=C\C=C/C)CN1CC2C(C)[C@]2(c2cc(C=N)c(Nc3ccc(F)cc3)cc2C)C1.C=CC.c1ccccc1. The first-order valence-corrected chi connectivity index (χ1v) is 14.2. The van der Waals surface area contributed by atoms with Crippen molar-refractivity contribution >= 4 is 17.6 Å². The van der Waals surface area contributed by atoms with Gasteiger partial charge in [-0.25, -0.2) is 4.39 Å². The molecule has 0 aromatic heterocycles. The van der Waals surface area contributed by atoms with Crippen LogP contribution in [0.3, 0.4) is 0 Å². The summed E-state index contributed by atoms with van der Waals surface area (Å²) in [7, 11) is 0. The first kappa shape index (κ1) is 31.5. The zero-order valence-electron chi connectivity index (χ0n) is 24.9. The molecule has 2 N–H and O–H groups in total. The highest BCUT2D eigenvalue weighted by atomic mass is 19.1. The van der Waals surface area contributed by atoms with Gasteiger partial charge >= 0.3 is 0 Å². The minimum Gasteiger partial charge on any atom is -0.355 e. The summed E-state index contributed by atoms with van der Waals surface area (Å²) in [6.07, 6.45) is 11.3. The molecule has 214 valence electrons. The molecule has 3 aromatic carbocycles. The molecule has 1 aliphatic carbocycles. The van der Waals surface area contributed by atoms with Crippen molar-refractivity contribution in [3.63, 3.8) is 0 Å². The molecule has 2 fully saturated rings. The number of anilines is 2. The summed E-state index contributed by atoms with van der Waals surface area (Å²) in [5, 5.41) is 11.4. The number of nitrogens with zero attached hydrogens (tertiary/aromatic N) is 1. The lowest BCUT2D eigenvalue weighted by Crippen LogP contribution is -2.30. The van der Waals surface area contributed by atoms with E-state index in [-0.39, 0.29) is 11.2 Å². The van der Waals surface area contributed by atoms with Crippen LogP contribution in [0, 0.1) is 30.0 Å². The van der Waals surface area contributed by atoms with Crippen molar-refractivity contribution in [1.82, 2.24) is 4.90 Å². The smallest absolute Gasteiger partial charge is 0.123 e. The number of likely N-dealkylation sites (tertiary alicyclic amines) is 1. The van der Waals surface area contributed by atoms with Gasteiger partial charge in [-0.3, -0.25) is 4.90 Å². The summed E-state index contributed by atoms with van der Waals surface area (Å²) < 4.78 is 13.3. The molecular formula is C37H44FN3. The van der Waals surface area contributed by atoms with Gasteiger partial charge in [-0.05, 0) is 85.7 Å². The van der Waals surface area contributed by atoms with Crippen LogP contribution in [0.15, 0.2) is 122 Å². The summed E-state index contributed by atoms with van der Waals surface area (Å²) in [5.41, 5.74) is 6.44. The fraction of sp³-hybridized carbons (Fsp3) is 0.270. The predicted molar refractivity (Wildman–Crippen MR) is 175 cm³/mol. The summed E-state index contributed by atoms with van der Waals surface area (Å²) >= 11 is 0. The number of hydrogen-bond donors (Lipinski definition) is 2. The number of benzene rings is 3. The Hall–Kier alpha value is -4.02. The average Bonchev–Trinajstić information content (AvgIpc) is 3.31. The maximum atomic E-state index is 13.3. The number of halogens is 1. The van der Waals surface area contributed by atoms with E-state index in [1.165, 1.54) is 29.5 Å². The van der Waals surface area contributed by atoms with Gasteiger partial charge in [0.05, 0.1) is 0 Å². The average molecular weight is 550 g/mol. The number of piperidine rings is 1. The van der Waals surface area contributed by atoms with Crippen molar-refractivity contribution < 1.29 is 4.39 Å². The third-order valence-electron chi connectivity index (χ3n) is 7.81. The molecule has 5 rings (SSSR count). The molecule has 3 atom stereocenters. The van der Waals surface area contributed by atoms with Crippen molar-refractivity contribution in [3.8, 4) is 0 Å². The summed E-state index contributed by atoms with van der Waals surface area (Å²) in [6, 6.07) is 22.6. The van der Waals surface area contributed by atoms with E-state index in [9.17, 15) is 4.39 Å². The van der Waals surface area contributed by atoms with Crippen LogP contribution in [0.4, 0.5) is 15.8 Å². The first-order chi connectivity index (χ1) is 19.8. The Morgan fingerprint density at radius 1 is 1.07 bits per heavy atom. The Bertz CT molecular complexity index is 1330. The van der Waals surface area contributed by atoms with Crippen LogP contribution in [-0.4, -0.2) is 30.7 Å². The monoisotopic (exact) mass is 549 g/mol. The van der Waals surface area contributed by atoms with Gasteiger partial charge in [0.15, 0.2) is 0 Å². The van der Waals surface area contributed by atoms with Crippen LogP contribution in [0.1, 0.15) is 37.5 Å². The quantitative estimate of drug-likeness (QED) is 0.167. The van der Waals surface area contributed by atoms with Gasteiger partial charge in [0.25, 0.3) is 0 Å². The predicted octanol–water partition coefficient (Wildman–Crippen LogP) is 9.26. The minimum atomic E-state index is -0.256. The molecule has 2 unspecified atom stereocenters. The van der Waals surface area contributed by atoms with Gasteiger partial charge in [0.2, 0.25) is 0 Å². The number of allylic oxidation sites excluding steroid dienone is 4. The van der Waals surface area contributed by atoms with Crippen LogP contribution >= 0.6 is 0 Å². The van der Waals surface area contributed by atoms with E-state index in [4.69, 9.17) is 5.41 Å². The molecule has 0 radical (unpaired) electrons. The van der Waals surface area contributed by atoms with E-state index in [0.29, 0.717) is 11.8 Å². The lowest BCUT2D eigenvalue weighted by molar-refractivity contribution is 0.304. The van der Waals surface area contributed by atoms with Gasteiger partial charge in [0.1, 0.15) is 5.82 Å². The second-order valence-electron chi connectivity index (χ2n) is 10.7. The molecule has 3 nitrogen and oxygen atoms in total. The third kappa shape index (κ3) is 8.02. The highest BCUT2D eigenvalue weighted by molar-refractivity contribution is 5.88. The van der Waals surface area contributed by atoms with Crippen LogP contribution in [0.2, 0.25) is 0 Å². The van der Waals surface area contributed by atoms with E-state index >= 15 is 0 Å². The van der Waals surface area contributed by atoms with Crippen molar-refractivity contribution in [2.75, 3.05) is 25.0 Å². The lowest BCUT2D eigenvalue weighted by Gasteiger charge is -2.25. The van der Waals surface area contributed by atoms with Crippen LogP contribution < -0.4 is 5.32 Å². The van der Waals surface area contributed by atoms with Crippen molar-refractivity contribution in [1.29, 1.82) is 5.41 Å². The Balaban J connectivity index is 0.000000442. The lowest BCUT2D eigenvalue weighted by atomic mass is 9.87. The van der Waals surface area contributed by atoms with Gasteiger partial charge < -0.3 is 10.7 Å². The molecule has 1 saturated carbocycles. The maximum Gasteiger partial charge on any atom is 0.123 e. The van der Waals surface area contributed by atoms with E-state index in [1.54, 1.807) is 18.2 Å². The van der Waals surface area contributed by atoms with Gasteiger partial charge in [-0.15, -0.1) is 6.58 Å². The van der Waals surface area contributed by atoms with Crippen LogP contribution in [-0.2, 0) is 5.41 Å². The summed E-state index contributed by atoms with van der Waals surface area (Å²) in [5.74, 6) is 1.02. The first-order valence-electron chi connectivity index (χ1n) is 14.2. The number of rotatable bonds is 8. The zero-order chi connectivity index (χ0) is 29.8. The largest absolute Gasteiger partial charge is 0.355 e. The Morgan fingerprint density at radius 3 is 2.24 bits per heavy atom. The fourth-order valence-electron chi connectivity index (χ4n) is 5.84. The second kappa shape index (κ2) is 15.1. The molecule has 3 aromatic rings. The number of hydrogen-bond acceptors (Lipinski definition) is 3. The Kier molecular flexibility index (Phi) is 11.6. The minimum absolute atomic E-state index is 0.156. The third-order valence-corrected chi connectivity index (χ3v) is 7.81. The van der Waals surface area contributed by atoms with Gasteiger partial charge in [-0.1, -0.05) is 80.3 Å². The summed E-state index contributed by atoms with van der Waals surface area (Å²) in [4.78, 5) is 2.52. The number of fused-ring (bicyclic) bond motifs is 1. The standard InChI is InChI=1S/C28H32FN3.C6H6.C3H6/c1-5-6-7-8-19(2)16-32-17-26-21(4)28(26,18-32)25-14-22(15-30)27(13-20(25)3)31-24-11-9-23(29)10-12-24;1-2-4-6-5-3-1;1-3-2/h5-15,21,26,30-31H,2,16-18H2,1,3-4H3;1-6H;3H,1H2,2H3/b6-5-,8-7-,30-15?;;/t21?,26?,28-;;/m0../s1. The maximum absolute atomic E-state index is 13.3. The molecular weight excluding hydrogens is 505 g/mol. The molecule has 0 spiro atoms. The molecule has 0 bridgehead atoms. The zero-order valence-corrected chi connectivity index (χ0v) is 24.9. The van der Waals surface area contributed by atoms with Gasteiger partial charge in [-0.2, -0.15) is 0 Å². The molecule has 4 heteroatoms. The molecule has 0 amide bonds. The van der Waals surface area contributed by atoms with E-state index in [1.807, 2.05) is 68.5 Å². The van der Waals surface area contributed by atoms with Crippen LogP contribution in [0.5, 0.6) is 0 Å². The van der Waals surface area contributed by atoms with E-state index in [2.05, 4.69) is 55.4 Å². The van der Waals surface area contributed by atoms with Crippen molar-refractivity contribution in [2.45, 2.75) is 33.1 Å². The topological polar surface area (TPSA) is 39.1 Å². The number of aryl methyl sites for hydroxylation is 1. The summed E-state index contributed by atoms with van der Waals surface area (Å²) in [6.45, 7) is 19.0.